The number of ether oxygens (including phenoxy) is 4. The topological polar surface area (TPSA) is 115 Å². The highest BCUT2D eigenvalue weighted by atomic mass is 16.6. The van der Waals surface area contributed by atoms with Crippen molar-refractivity contribution in [2.45, 2.75) is 97.8 Å². The molecule has 1 rings (SSSR count). The van der Waals surface area contributed by atoms with Gasteiger partial charge in [0.2, 0.25) is 5.91 Å². The minimum atomic E-state index is -1.02. The second kappa shape index (κ2) is 18.6. The number of amides is 2. The third-order valence-corrected chi connectivity index (χ3v) is 6.73. The van der Waals surface area contributed by atoms with Crippen LogP contribution < -0.4 is 20.1 Å². The van der Waals surface area contributed by atoms with E-state index in [0.29, 0.717) is 44.1 Å². The van der Waals surface area contributed by atoms with Crippen LogP contribution >= 0.6 is 0 Å². The van der Waals surface area contributed by atoms with Gasteiger partial charge in [0.15, 0.2) is 11.5 Å². The van der Waals surface area contributed by atoms with Crippen molar-refractivity contribution in [1.82, 2.24) is 10.6 Å². The Morgan fingerprint density at radius 2 is 1.78 bits per heavy atom. The van der Waals surface area contributed by atoms with Gasteiger partial charge >= 0.3 is 6.09 Å². The quantitative estimate of drug-likeness (QED) is 0.148. The van der Waals surface area contributed by atoms with Crippen molar-refractivity contribution in [2.24, 2.45) is 11.8 Å². The molecular weight excluding hydrogens is 524 g/mol. The number of hydrogen-bond acceptors (Lipinski definition) is 7. The number of unbranched alkanes of at least 4 members (excludes halogenated alkanes) is 1. The fourth-order valence-corrected chi connectivity index (χ4v) is 4.33. The minimum absolute atomic E-state index is 0.0330. The van der Waals surface area contributed by atoms with Crippen LogP contribution in [0.1, 0.15) is 79.2 Å². The first-order chi connectivity index (χ1) is 19.3. The fourth-order valence-electron chi connectivity index (χ4n) is 4.33. The van der Waals surface area contributed by atoms with Gasteiger partial charge in [0.05, 0.1) is 25.9 Å². The molecule has 0 aliphatic rings. The maximum Gasteiger partial charge on any atom is 0.407 e. The van der Waals surface area contributed by atoms with Crippen LogP contribution in [-0.4, -0.2) is 68.8 Å². The molecule has 9 heteroatoms. The van der Waals surface area contributed by atoms with E-state index in [9.17, 15) is 14.7 Å². The number of hydrogen-bond donors (Lipinski definition) is 3. The van der Waals surface area contributed by atoms with Gasteiger partial charge in [-0.1, -0.05) is 39.8 Å². The Morgan fingerprint density at radius 1 is 1.07 bits per heavy atom. The van der Waals surface area contributed by atoms with Crippen molar-refractivity contribution < 1.29 is 33.6 Å². The largest absolute Gasteiger partial charge is 0.493 e. The van der Waals surface area contributed by atoms with Gasteiger partial charge in [0, 0.05) is 38.7 Å². The highest BCUT2D eigenvalue weighted by Gasteiger charge is 2.30. The Labute approximate surface area is 247 Å². The van der Waals surface area contributed by atoms with Gasteiger partial charge in [0.25, 0.3) is 0 Å². The van der Waals surface area contributed by atoms with Gasteiger partial charge < -0.3 is 34.7 Å². The normalized spacial score (nSPS) is 13.7. The zero-order valence-electron chi connectivity index (χ0n) is 26.5. The summed E-state index contributed by atoms with van der Waals surface area (Å²) in [6, 6.07) is 5.23. The van der Waals surface area contributed by atoms with Gasteiger partial charge in [-0.2, -0.15) is 0 Å². The van der Waals surface area contributed by atoms with E-state index in [-0.39, 0.29) is 29.7 Å². The van der Waals surface area contributed by atoms with Gasteiger partial charge in [-0.3, -0.25) is 4.79 Å². The van der Waals surface area contributed by atoms with Gasteiger partial charge in [-0.15, -0.1) is 0 Å². The molecule has 0 heterocycles. The Balaban J connectivity index is 3.11. The maximum absolute atomic E-state index is 12.8. The number of aliphatic hydroxyl groups excluding tert-OH is 1. The summed E-state index contributed by atoms with van der Waals surface area (Å²) in [4.78, 5) is 25.2. The van der Waals surface area contributed by atoms with Crippen LogP contribution in [0, 0.1) is 11.8 Å². The zero-order valence-corrected chi connectivity index (χ0v) is 26.5. The summed E-state index contributed by atoms with van der Waals surface area (Å²) in [6.45, 7) is 17.2. The predicted octanol–water partition coefficient (Wildman–Crippen LogP) is 5.43. The van der Waals surface area contributed by atoms with Crippen molar-refractivity contribution >= 4 is 12.0 Å². The lowest BCUT2D eigenvalue weighted by molar-refractivity contribution is -0.117. The number of benzene rings is 1. The molecule has 0 saturated carbocycles. The molecule has 2 amide bonds. The highest BCUT2D eigenvalue weighted by Crippen LogP contribution is 2.32. The van der Waals surface area contributed by atoms with Gasteiger partial charge in [-0.25, -0.2) is 4.79 Å². The van der Waals surface area contributed by atoms with Crippen LogP contribution in [0.3, 0.4) is 0 Å². The average Bonchev–Trinajstić information content (AvgIpc) is 2.89. The monoisotopic (exact) mass is 578 g/mol. The predicted molar refractivity (Wildman–Crippen MR) is 162 cm³/mol. The van der Waals surface area contributed by atoms with E-state index in [2.05, 4.69) is 31.1 Å². The maximum atomic E-state index is 12.8. The molecule has 1 aromatic carbocycles. The third-order valence-electron chi connectivity index (χ3n) is 6.73. The average molecular weight is 579 g/mol. The molecular formula is C32H54N2O7. The van der Waals surface area contributed by atoms with E-state index in [4.69, 9.17) is 18.9 Å². The van der Waals surface area contributed by atoms with E-state index < -0.39 is 23.8 Å². The molecule has 3 N–H and O–H groups in total. The second-order valence-electron chi connectivity index (χ2n) is 11.9. The molecule has 9 nitrogen and oxygen atoms in total. The first-order valence-electron chi connectivity index (χ1n) is 14.7. The number of carbonyl (C=O) groups excluding carboxylic acids is 2. The van der Waals surface area contributed by atoms with Gasteiger partial charge in [0.1, 0.15) is 5.60 Å². The Kier molecular flexibility index (Phi) is 16.5. The van der Waals surface area contributed by atoms with E-state index in [1.807, 2.05) is 25.1 Å². The van der Waals surface area contributed by atoms with Gasteiger partial charge in [-0.05, 0) is 69.6 Å². The van der Waals surface area contributed by atoms with E-state index in [1.165, 1.54) is 0 Å². The number of rotatable bonds is 19. The van der Waals surface area contributed by atoms with Crippen LogP contribution in [0.2, 0.25) is 0 Å². The summed E-state index contributed by atoms with van der Waals surface area (Å²) in [5, 5.41) is 16.9. The first-order valence-corrected chi connectivity index (χ1v) is 14.7. The minimum Gasteiger partial charge on any atom is -0.493 e. The van der Waals surface area contributed by atoms with Crippen LogP contribution in [0.4, 0.5) is 4.79 Å². The summed E-state index contributed by atoms with van der Waals surface area (Å²) < 4.78 is 22.1. The van der Waals surface area contributed by atoms with Crippen molar-refractivity contribution in [3.05, 3.63) is 35.9 Å². The van der Waals surface area contributed by atoms with Crippen LogP contribution in [-0.2, 0) is 20.7 Å². The summed E-state index contributed by atoms with van der Waals surface area (Å²) in [7, 11) is 3.27. The number of aliphatic hydroxyl groups is 1. The van der Waals surface area contributed by atoms with E-state index in [1.54, 1.807) is 35.0 Å². The number of carbonyl (C=O) groups is 2. The highest BCUT2D eigenvalue weighted by molar-refractivity contribution is 5.92. The van der Waals surface area contributed by atoms with Crippen molar-refractivity contribution in [1.29, 1.82) is 0 Å². The van der Waals surface area contributed by atoms with Crippen LogP contribution in [0.25, 0.3) is 0 Å². The Hall–Kier alpha value is -2.78. The van der Waals surface area contributed by atoms with E-state index >= 15 is 0 Å². The smallest absolute Gasteiger partial charge is 0.407 e. The molecule has 1 aromatic rings. The lowest BCUT2D eigenvalue weighted by Crippen LogP contribution is -2.47. The number of nitrogens with one attached hydrogen (secondary N) is 2. The Bertz CT molecular complexity index is 942. The van der Waals surface area contributed by atoms with E-state index in [0.717, 1.165) is 24.8 Å². The SMILES string of the molecule is C=C(C[C@H](O)[C@H](C[C@H](Cc1ccc(OC)c(OCCCOC)c1)C(C)C)NC(=O)OC(C)(C)C)C(=O)NCCCC. The summed E-state index contributed by atoms with van der Waals surface area (Å²) in [6.07, 6.45) is 2.14. The van der Waals surface area contributed by atoms with Crippen molar-refractivity contribution in [2.75, 3.05) is 34.0 Å². The molecule has 234 valence electrons. The third kappa shape index (κ3) is 14.6. The summed E-state index contributed by atoms with van der Waals surface area (Å²) >= 11 is 0. The molecule has 0 bridgehead atoms. The first kappa shape index (κ1) is 36.2. The lowest BCUT2D eigenvalue weighted by atomic mass is 9.82. The fraction of sp³-hybridized carbons (Fsp3) is 0.688. The zero-order chi connectivity index (χ0) is 31.0. The molecule has 0 fully saturated rings. The van der Waals surface area contributed by atoms with Crippen molar-refractivity contribution in [3.8, 4) is 11.5 Å². The second-order valence-corrected chi connectivity index (χ2v) is 11.9. The molecule has 0 saturated heterocycles. The summed E-state index contributed by atoms with van der Waals surface area (Å²) in [5.74, 6) is 1.36. The summed E-state index contributed by atoms with van der Waals surface area (Å²) in [5.41, 5.74) is 0.635. The molecule has 3 atom stereocenters. The lowest BCUT2D eigenvalue weighted by Gasteiger charge is -2.31. The standard InChI is InChI=1S/C32H54N2O7/c1-10-11-15-33-30(36)23(4)18-27(35)26(34-31(37)41-32(5,6)7)21-25(22(2)3)19-24-13-14-28(39-9)29(20-24)40-17-12-16-38-8/h13-14,20,22,25-27,35H,4,10-12,15-19,21H2,1-3,5-9H3,(H,33,36)(H,34,37)/t25-,26-,27-/m0/s1. The molecule has 0 spiro atoms. The molecule has 41 heavy (non-hydrogen) atoms. The molecule has 0 radical (unpaired) electrons. The molecule has 0 aromatic heterocycles. The van der Waals surface area contributed by atoms with Crippen molar-refractivity contribution in [3.63, 3.8) is 0 Å². The van der Waals surface area contributed by atoms with Crippen LogP contribution in [0.5, 0.6) is 11.5 Å². The number of methoxy groups -OCH3 is 2. The van der Waals surface area contributed by atoms with Crippen LogP contribution in [0.15, 0.2) is 30.4 Å². The number of alkyl carbamates (subject to hydrolysis) is 1. The molecule has 0 aliphatic heterocycles. The molecule has 0 aliphatic carbocycles. The Morgan fingerprint density at radius 3 is 2.37 bits per heavy atom. The molecule has 0 unspecified atom stereocenters.